The largest absolute Gasteiger partial charge is 0.370 e. The summed E-state index contributed by atoms with van der Waals surface area (Å²) in [7, 11) is 2.16. The van der Waals surface area contributed by atoms with Crippen LogP contribution in [-0.2, 0) is 6.54 Å². The van der Waals surface area contributed by atoms with Crippen LogP contribution in [0.4, 0.5) is 0 Å². The van der Waals surface area contributed by atoms with Crippen LogP contribution in [-0.4, -0.2) is 58.9 Å². The molecule has 1 unspecified atom stereocenters. The van der Waals surface area contributed by atoms with Crippen LogP contribution in [0.15, 0.2) is 36.3 Å². The molecule has 154 valence electrons. The summed E-state index contributed by atoms with van der Waals surface area (Å²) >= 11 is 2.05. The SMILES string of the molecule is CC.CC1CSCCN1/C=C(\N(C)Cc1ccccc1C#N)N1CCCCC1. The van der Waals surface area contributed by atoms with Gasteiger partial charge in [-0.3, -0.25) is 0 Å². The Morgan fingerprint density at radius 2 is 1.93 bits per heavy atom. The molecule has 5 heteroatoms. The molecular formula is C23H36N4S. The van der Waals surface area contributed by atoms with Crippen LogP contribution in [0.1, 0.15) is 51.2 Å². The van der Waals surface area contributed by atoms with Gasteiger partial charge in [0.2, 0.25) is 0 Å². The van der Waals surface area contributed by atoms with Gasteiger partial charge in [0, 0.05) is 57.0 Å². The Kier molecular flexibility index (Phi) is 9.57. The fraction of sp³-hybridized carbons (Fsp3) is 0.609. The van der Waals surface area contributed by atoms with Crippen LogP contribution in [0.2, 0.25) is 0 Å². The summed E-state index contributed by atoms with van der Waals surface area (Å²) in [6, 6.07) is 10.9. The molecule has 1 atom stereocenters. The first-order chi connectivity index (χ1) is 13.7. The van der Waals surface area contributed by atoms with Crippen molar-refractivity contribution in [3.05, 3.63) is 47.4 Å². The van der Waals surface area contributed by atoms with Gasteiger partial charge in [0.25, 0.3) is 0 Å². The monoisotopic (exact) mass is 400 g/mol. The summed E-state index contributed by atoms with van der Waals surface area (Å²) in [6.45, 7) is 10.5. The Morgan fingerprint density at radius 1 is 1.21 bits per heavy atom. The molecule has 0 aliphatic carbocycles. The number of nitrogens with zero attached hydrogens (tertiary/aromatic N) is 4. The van der Waals surface area contributed by atoms with Crippen LogP contribution in [0.5, 0.6) is 0 Å². The van der Waals surface area contributed by atoms with E-state index in [9.17, 15) is 5.26 Å². The molecule has 0 radical (unpaired) electrons. The molecule has 0 bridgehead atoms. The third kappa shape index (κ3) is 6.10. The standard InChI is InChI=1S/C21H30N4S.C2H6/c1-18-17-26-13-12-25(18)16-21(24-10-6-3-7-11-24)23(2)15-20-9-5-4-8-19(20)14-22;1-2/h4-5,8-9,16,18H,3,6-7,10-13,15,17H2,1-2H3;1-2H3/b21-16+;. The molecular weight excluding hydrogens is 364 g/mol. The van der Waals surface area contributed by atoms with Gasteiger partial charge in [0.15, 0.2) is 0 Å². The lowest BCUT2D eigenvalue weighted by Crippen LogP contribution is -2.41. The van der Waals surface area contributed by atoms with E-state index >= 15 is 0 Å². The van der Waals surface area contributed by atoms with Crippen molar-refractivity contribution >= 4 is 11.8 Å². The smallest absolute Gasteiger partial charge is 0.120 e. The van der Waals surface area contributed by atoms with E-state index in [1.54, 1.807) is 0 Å². The lowest BCUT2D eigenvalue weighted by Gasteiger charge is -2.40. The van der Waals surface area contributed by atoms with Crippen LogP contribution >= 0.6 is 11.8 Å². The minimum atomic E-state index is 0.577. The molecule has 0 saturated carbocycles. The maximum Gasteiger partial charge on any atom is 0.120 e. The van der Waals surface area contributed by atoms with Crippen molar-refractivity contribution in [3.63, 3.8) is 0 Å². The van der Waals surface area contributed by atoms with Crippen molar-refractivity contribution in [2.45, 2.75) is 52.6 Å². The van der Waals surface area contributed by atoms with Crippen molar-refractivity contribution in [2.75, 3.05) is 38.2 Å². The zero-order valence-electron chi connectivity index (χ0n) is 18.0. The molecule has 1 aromatic carbocycles. The van der Waals surface area contributed by atoms with E-state index in [1.165, 1.54) is 36.6 Å². The fourth-order valence-electron chi connectivity index (χ4n) is 3.73. The number of hydrogen-bond acceptors (Lipinski definition) is 5. The quantitative estimate of drug-likeness (QED) is 0.713. The molecule has 0 amide bonds. The highest BCUT2D eigenvalue weighted by Gasteiger charge is 2.22. The summed E-state index contributed by atoms with van der Waals surface area (Å²) in [6.07, 6.45) is 6.25. The Hall–Kier alpha value is -1.80. The number of nitriles is 1. The molecule has 4 nitrogen and oxygen atoms in total. The minimum absolute atomic E-state index is 0.577. The van der Waals surface area contributed by atoms with E-state index < -0.39 is 0 Å². The molecule has 2 aliphatic rings. The lowest BCUT2D eigenvalue weighted by atomic mass is 10.1. The van der Waals surface area contributed by atoms with Gasteiger partial charge in [-0.2, -0.15) is 17.0 Å². The van der Waals surface area contributed by atoms with Crippen molar-refractivity contribution < 1.29 is 0 Å². The van der Waals surface area contributed by atoms with Crippen LogP contribution < -0.4 is 0 Å². The predicted octanol–water partition coefficient (Wildman–Crippen LogP) is 4.74. The van der Waals surface area contributed by atoms with Gasteiger partial charge in [0.1, 0.15) is 5.82 Å². The molecule has 0 spiro atoms. The zero-order valence-corrected chi connectivity index (χ0v) is 18.8. The first-order valence-electron chi connectivity index (χ1n) is 10.7. The first-order valence-corrected chi connectivity index (χ1v) is 11.8. The molecule has 0 aromatic heterocycles. The number of hydrogen-bond donors (Lipinski definition) is 0. The molecule has 28 heavy (non-hydrogen) atoms. The van der Waals surface area contributed by atoms with Gasteiger partial charge >= 0.3 is 0 Å². The minimum Gasteiger partial charge on any atom is -0.370 e. The van der Waals surface area contributed by atoms with E-state index in [2.05, 4.69) is 58.8 Å². The highest BCUT2D eigenvalue weighted by molar-refractivity contribution is 7.99. The Bertz CT molecular complexity index is 661. The van der Waals surface area contributed by atoms with Gasteiger partial charge in [0.05, 0.1) is 11.6 Å². The highest BCUT2D eigenvalue weighted by Crippen LogP contribution is 2.23. The molecule has 1 aromatic rings. The van der Waals surface area contributed by atoms with Crippen LogP contribution in [0, 0.1) is 11.3 Å². The molecule has 3 rings (SSSR count). The van der Waals surface area contributed by atoms with E-state index in [-0.39, 0.29) is 0 Å². The molecule has 2 saturated heterocycles. The number of piperidine rings is 1. The molecule has 2 fully saturated rings. The summed E-state index contributed by atoms with van der Waals surface area (Å²) < 4.78 is 0. The lowest BCUT2D eigenvalue weighted by molar-refractivity contribution is 0.186. The van der Waals surface area contributed by atoms with Gasteiger partial charge in [-0.15, -0.1) is 0 Å². The van der Waals surface area contributed by atoms with Crippen LogP contribution in [0.25, 0.3) is 0 Å². The van der Waals surface area contributed by atoms with Gasteiger partial charge < -0.3 is 14.7 Å². The van der Waals surface area contributed by atoms with Crippen LogP contribution in [0.3, 0.4) is 0 Å². The van der Waals surface area contributed by atoms with Crippen molar-refractivity contribution in [2.24, 2.45) is 0 Å². The van der Waals surface area contributed by atoms with E-state index in [0.29, 0.717) is 6.04 Å². The average molecular weight is 401 g/mol. The third-order valence-corrected chi connectivity index (χ3v) is 6.51. The maximum atomic E-state index is 9.41. The molecule has 2 heterocycles. The second-order valence-electron chi connectivity index (χ2n) is 7.32. The number of benzene rings is 1. The van der Waals surface area contributed by atoms with E-state index in [1.807, 2.05) is 32.0 Å². The first kappa shape index (κ1) is 22.5. The Labute approximate surface area is 176 Å². The number of rotatable bonds is 5. The topological polar surface area (TPSA) is 33.5 Å². The van der Waals surface area contributed by atoms with E-state index in [4.69, 9.17) is 0 Å². The van der Waals surface area contributed by atoms with Crippen molar-refractivity contribution in [3.8, 4) is 6.07 Å². The summed E-state index contributed by atoms with van der Waals surface area (Å²) in [5.74, 6) is 3.70. The maximum absolute atomic E-state index is 9.41. The third-order valence-electron chi connectivity index (χ3n) is 5.32. The van der Waals surface area contributed by atoms with Gasteiger partial charge in [-0.1, -0.05) is 32.0 Å². The zero-order chi connectivity index (χ0) is 20.4. The van der Waals surface area contributed by atoms with Crippen molar-refractivity contribution in [1.29, 1.82) is 5.26 Å². The molecule has 2 aliphatic heterocycles. The van der Waals surface area contributed by atoms with Gasteiger partial charge in [-0.25, -0.2) is 0 Å². The number of thioether (sulfide) groups is 1. The Balaban J connectivity index is 0.00000136. The second kappa shape index (κ2) is 11.9. The van der Waals surface area contributed by atoms with E-state index in [0.717, 1.165) is 37.3 Å². The van der Waals surface area contributed by atoms with Crippen molar-refractivity contribution in [1.82, 2.24) is 14.7 Å². The van der Waals surface area contributed by atoms with Gasteiger partial charge in [-0.05, 0) is 37.8 Å². The summed E-state index contributed by atoms with van der Waals surface area (Å²) in [5.41, 5.74) is 1.88. The summed E-state index contributed by atoms with van der Waals surface area (Å²) in [5, 5.41) is 9.41. The average Bonchev–Trinajstić information content (AvgIpc) is 2.75. The Morgan fingerprint density at radius 3 is 2.61 bits per heavy atom. The fourth-order valence-corrected chi connectivity index (χ4v) is 4.77. The normalized spacial score (nSPS) is 20.1. The second-order valence-corrected chi connectivity index (χ2v) is 8.47. The number of likely N-dealkylation sites (tertiary alicyclic amines) is 1. The molecule has 0 N–H and O–H groups in total. The highest BCUT2D eigenvalue weighted by atomic mass is 32.2. The predicted molar refractivity (Wildman–Crippen MR) is 121 cm³/mol. The summed E-state index contributed by atoms with van der Waals surface area (Å²) in [4.78, 5) is 7.37.